The summed E-state index contributed by atoms with van der Waals surface area (Å²) < 4.78 is 0. The summed E-state index contributed by atoms with van der Waals surface area (Å²) in [7, 11) is 0. The number of primary amides is 1. The van der Waals surface area contributed by atoms with Crippen molar-refractivity contribution >= 4 is 11.9 Å². The molecule has 0 saturated heterocycles. The van der Waals surface area contributed by atoms with Gasteiger partial charge >= 0.3 is 5.97 Å². The fourth-order valence-corrected chi connectivity index (χ4v) is 1.43. The van der Waals surface area contributed by atoms with Gasteiger partial charge in [0.15, 0.2) is 0 Å². The van der Waals surface area contributed by atoms with Crippen LogP contribution in [0.2, 0.25) is 0 Å². The molecule has 0 aliphatic rings. The quantitative estimate of drug-likeness (QED) is 0.661. The number of aliphatic carboxylic acids is 1. The third kappa shape index (κ3) is 4.24. The Labute approximate surface area is 99.6 Å². The molecule has 0 heterocycles. The number of hydrogen-bond donors (Lipinski definition) is 3. The summed E-state index contributed by atoms with van der Waals surface area (Å²) in [6, 6.07) is 6.78. The summed E-state index contributed by atoms with van der Waals surface area (Å²) in [5.41, 5.74) is 6.73. The predicted octanol–water partition coefficient (Wildman–Crippen LogP) is 0.277. The van der Waals surface area contributed by atoms with E-state index >= 15 is 0 Å². The van der Waals surface area contributed by atoms with Gasteiger partial charge in [-0.3, -0.25) is 9.59 Å². The van der Waals surface area contributed by atoms with E-state index in [0.717, 1.165) is 11.1 Å². The fraction of sp³-hybridized carbons (Fsp3) is 0.333. The number of benzene rings is 1. The minimum Gasteiger partial charge on any atom is -0.481 e. The first-order valence-corrected chi connectivity index (χ1v) is 5.32. The molecule has 92 valence electrons. The highest BCUT2D eigenvalue weighted by molar-refractivity contribution is 5.79. The number of nitrogens with one attached hydrogen (secondary N) is 1. The maximum Gasteiger partial charge on any atom is 0.307 e. The van der Waals surface area contributed by atoms with Crippen molar-refractivity contribution in [3.05, 3.63) is 35.4 Å². The second-order valence-electron chi connectivity index (χ2n) is 3.84. The molecule has 5 nitrogen and oxygen atoms in total. The second-order valence-corrected chi connectivity index (χ2v) is 3.84. The molecule has 17 heavy (non-hydrogen) atoms. The van der Waals surface area contributed by atoms with Gasteiger partial charge in [0.1, 0.15) is 0 Å². The Bertz CT molecular complexity index is 418. The Balaban J connectivity index is 2.70. The summed E-state index contributed by atoms with van der Waals surface area (Å²) >= 11 is 0. The van der Waals surface area contributed by atoms with E-state index in [4.69, 9.17) is 10.8 Å². The van der Waals surface area contributed by atoms with Gasteiger partial charge in [0.05, 0.1) is 12.5 Å². The molecule has 1 aromatic rings. The molecule has 0 radical (unpaired) electrons. The number of nitrogens with two attached hydrogens (primary N) is 1. The molecule has 1 aromatic carbocycles. The minimum absolute atomic E-state index is 0.0250. The van der Waals surface area contributed by atoms with Crippen molar-refractivity contribution in [2.45, 2.75) is 25.9 Å². The molecule has 5 heteroatoms. The molecule has 1 rings (SSSR count). The molecule has 0 bridgehead atoms. The van der Waals surface area contributed by atoms with Crippen LogP contribution in [0.25, 0.3) is 0 Å². The van der Waals surface area contributed by atoms with Gasteiger partial charge in [0.2, 0.25) is 5.91 Å². The van der Waals surface area contributed by atoms with E-state index in [1.807, 2.05) is 12.1 Å². The SMILES string of the molecule is CC(NCc1ccccc1CC(=O)O)C(N)=O. The molecule has 1 atom stereocenters. The molecule has 1 amide bonds. The monoisotopic (exact) mass is 236 g/mol. The van der Waals surface area contributed by atoms with Crippen LogP contribution in [-0.4, -0.2) is 23.0 Å². The lowest BCUT2D eigenvalue weighted by Crippen LogP contribution is -2.38. The first-order chi connectivity index (χ1) is 8.00. The Morgan fingerprint density at radius 1 is 1.35 bits per heavy atom. The van der Waals surface area contributed by atoms with Crippen LogP contribution in [0, 0.1) is 0 Å². The lowest BCUT2D eigenvalue weighted by Gasteiger charge is -2.12. The van der Waals surface area contributed by atoms with E-state index in [1.54, 1.807) is 19.1 Å². The zero-order valence-electron chi connectivity index (χ0n) is 9.64. The highest BCUT2D eigenvalue weighted by Gasteiger charge is 2.10. The van der Waals surface area contributed by atoms with E-state index < -0.39 is 17.9 Å². The predicted molar refractivity (Wildman–Crippen MR) is 63.3 cm³/mol. The Morgan fingerprint density at radius 2 is 1.94 bits per heavy atom. The molecular formula is C12H16N2O3. The van der Waals surface area contributed by atoms with E-state index in [2.05, 4.69) is 5.32 Å². The number of rotatable bonds is 6. The topological polar surface area (TPSA) is 92.4 Å². The summed E-state index contributed by atoms with van der Waals surface area (Å²) in [6.45, 7) is 2.09. The average Bonchev–Trinajstić information content (AvgIpc) is 2.26. The van der Waals surface area contributed by atoms with Crippen molar-refractivity contribution in [3.63, 3.8) is 0 Å². The third-order valence-corrected chi connectivity index (χ3v) is 2.49. The Morgan fingerprint density at radius 3 is 2.47 bits per heavy atom. The van der Waals surface area contributed by atoms with Gasteiger partial charge in [-0.2, -0.15) is 0 Å². The molecule has 0 fully saturated rings. The largest absolute Gasteiger partial charge is 0.481 e. The van der Waals surface area contributed by atoms with Gasteiger partial charge in [0, 0.05) is 6.54 Å². The summed E-state index contributed by atoms with van der Waals surface area (Å²) in [5, 5.41) is 11.7. The Kier molecular flexibility index (Phi) is 4.66. The van der Waals surface area contributed by atoms with Crippen LogP contribution in [0.1, 0.15) is 18.1 Å². The molecule has 0 aromatic heterocycles. The summed E-state index contributed by atoms with van der Waals surface area (Å²) in [4.78, 5) is 21.5. The lowest BCUT2D eigenvalue weighted by molar-refractivity contribution is -0.136. The van der Waals surface area contributed by atoms with E-state index in [0.29, 0.717) is 6.54 Å². The fourth-order valence-electron chi connectivity index (χ4n) is 1.43. The highest BCUT2D eigenvalue weighted by atomic mass is 16.4. The highest BCUT2D eigenvalue weighted by Crippen LogP contribution is 2.09. The summed E-state index contributed by atoms with van der Waals surface area (Å²) in [6.07, 6.45) is -0.0250. The van der Waals surface area contributed by atoms with Crippen molar-refractivity contribution in [1.29, 1.82) is 0 Å². The number of amides is 1. The molecule has 4 N–H and O–H groups in total. The van der Waals surface area contributed by atoms with Crippen LogP contribution < -0.4 is 11.1 Å². The van der Waals surface area contributed by atoms with E-state index in [9.17, 15) is 9.59 Å². The smallest absolute Gasteiger partial charge is 0.307 e. The summed E-state index contributed by atoms with van der Waals surface area (Å²) in [5.74, 6) is -1.30. The number of carboxylic acid groups (broad SMARTS) is 1. The van der Waals surface area contributed by atoms with Crippen molar-refractivity contribution in [1.82, 2.24) is 5.32 Å². The van der Waals surface area contributed by atoms with Crippen molar-refractivity contribution < 1.29 is 14.7 Å². The van der Waals surface area contributed by atoms with Crippen LogP contribution in [0.15, 0.2) is 24.3 Å². The Hall–Kier alpha value is -1.88. The number of carbonyl (C=O) groups is 2. The molecule has 0 aliphatic heterocycles. The van der Waals surface area contributed by atoms with Gasteiger partial charge in [-0.05, 0) is 18.1 Å². The maximum atomic E-state index is 10.8. The van der Waals surface area contributed by atoms with Gasteiger partial charge in [-0.25, -0.2) is 0 Å². The third-order valence-electron chi connectivity index (χ3n) is 2.49. The van der Waals surface area contributed by atoms with Crippen molar-refractivity contribution in [2.24, 2.45) is 5.73 Å². The van der Waals surface area contributed by atoms with Crippen LogP contribution >= 0.6 is 0 Å². The van der Waals surface area contributed by atoms with Crippen LogP contribution in [0.5, 0.6) is 0 Å². The molecular weight excluding hydrogens is 220 g/mol. The first kappa shape index (κ1) is 13.2. The lowest BCUT2D eigenvalue weighted by atomic mass is 10.0. The maximum absolute atomic E-state index is 10.8. The molecule has 1 unspecified atom stereocenters. The van der Waals surface area contributed by atoms with Gasteiger partial charge in [-0.1, -0.05) is 24.3 Å². The van der Waals surface area contributed by atoms with Crippen LogP contribution in [0.4, 0.5) is 0 Å². The number of carboxylic acids is 1. The second kappa shape index (κ2) is 6.00. The normalized spacial score (nSPS) is 12.1. The van der Waals surface area contributed by atoms with E-state index in [1.165, 1.54) is 0 Å². The first-order valence-electron chi connectivity index (χ1n) is 5.32. The van der Waals surface area contributed by atoms with Gasteiger partial charge in [0.25, 0.3) is 0 Å². The van der Waals surface area contributed by atoms with Crippen LogP contribution in [0.3, 0.4) is 0 Å². The molecule has 0 aliphatic carbocycles. The molecule has 0 spiro atoms. The van der Waals surface area contributed by atoms with Crippen molar-refractivity contribution in [2.75, 3.05) is 0 Å². The number of carbonyl (C=O) groups excluding carboxylic acids is 1. The standard InChI is InChI=1S/C12H16N2O3/c1-8(12(13)17)14-7-10-5-3-2-4-9(10)6-11(15)16/h2-5,8,14H,6-7H2,1H3,(H2,13,17)(H,15,16). The van der Waals surface area contributed by atoms with Crippen molar-refractivity contribution in [3.8, 4) is 0 Å². The zero-order chi connectivity index (χ0) is 12.8. The zero-order valence-corrected chi connectivity index (χ0v) is 9.64. The van der Waals surface area contributed by atoms with Crippen LogP contribution in [-0.2, 0) is 22.6 Å². The average molecular weight is 236 g/mol. The van der Waals surface area contributed by atoms with Gasteiger partial charge < -0.3 is 16.2 Å². The molecule has 0 saturated carbocycles. The van der Waals surface area contributed by atoms with E-state index in [-0.39, 0.29) is 6.42 Å². The minimum atomic E-state index is -0.875. The van der Waals surface area contributed by atoms with Gasteiger partial charge in [-0.15, -0.1) is 0 Å². The number of hydrogen-bond acceptors (Lipinski definition) is 3.